The van der Waals surface area contributed by atoms with Crippen LogP contribution in [0.25, 0.3) is 0 Å². The van der Waals surface area contributed by atoms with E-state index in [1.165, 1.54) is 0 Å². The van der Waals surface area contributed by atoms with E-state index in [0.717, 1.165) is 24.8 Å². The molecule has 2 N–H and O–H groups in total. The molecule has 0 saturated heterocycles. The van der Waals surface area contributed by atoms with Gasteiger partial charge in [-0.1, -0.05) is 12.1 Å². The number of amides is 1. The average Bonchev–Trinajstić information content (AvgIpc) is 2.41. The third kappa shape index (κ3) is 3.97. The average molecular weight is 274 g/mol. The number of benzene rings is 1. The third-order valence-corrected chi connectivity index (χ3v) is 3.47. The molecule has 2 rings (SSSR count). The largest absolute Gasteiger partial charge is 0.479 e. The first kappa shape index (κ1) is 14.4. The molecule has 5 nitrogen and oxygen atoms in total. The fraction of sp³-hybridized carbons (Fsp3) is 0.467. The molecule has 1 aromatic rings. The maximum Gasteiger partial charge on any atom is 0.224 e. The van der Waals surface area contributed by atoms with Crippen molar-refractivity contribution in [3.63, 3.8) is 0 Å². The fourth-order valence-corrected chi connectivity index (χ4v) is 2.13. The Morgan fingerprint density at radius 1 is 1.50 bits per heavy atom. The molecule has 0 aliphatic heterocycles. The highest BCUT2D eigenvalue weighted by Crippen LogP contribution is 2.30. The van der Waals surface area contributed by atoms with Crippen molar-refractivity contribution in [2.45, 2.75) is 31.3 Å². The summed E-state index contributed by atoms with van der Waals surface area (Å²) < 4.78 is 5.19. The van der Waals surface area contributed by atoms with E-state index in [2.05, 4.69) is 5.32 Å². The van der Waals surface area contributed by atoms with Gasteiger partial charge in [-0.3, -0.25) is 4.79 Å². The zero-order valence-electron chi connectivity index (χ0n) is 11.3. The van der Waals surface area contributed by atoms with Crippen molar-refractivity contribution in [1.82, 2.24) is 5.32 Å². The number of hydrogen-bond acceptors (Lipinski definition) is 4. The lowest BCUT2D eigenvalue weighted by Crippen LogP contribution is -2.48. The van der Waals surface area contributed by atoms with Crippen molar-refractivity contribution in [1.29, 1.82) is 5.26 Å². The van der Waals surface area contributed by atoms with Crippen molar-refractivity contribution >= 4 is 5.91 Å². The molecule has 1 aliphatic rings. The maximum atomic E-state index is 11.8. The molecule has 0 spiro atoms. The lowest BCUT2D eigenvalue weighted by Gasteiger charge is -2.36. The van der Waals surface area contributed by atoms with E-state index in [0.29, 0.717) is 12.3 Å². The molecular weight excluding hydrogens is 256 g/mol. The Balaban J connectivity index is 1.82. The topological polar surface area (TPSA) is 82.3 Å². The number of nitrogens with one attached hydrogen (secondary N) is 1. The number of hydrogen-bond donors (Lipinski definition) is 2. The molecule has 0 aromatic heterocycles. The SMILES string of the molecule is N#CCOc1cccc(CC(=O)NCC2(O)CCC2)c1. The third-order valence-electron chi connectivity index (χ3n) is 3.47. The number of nitrogens with zero attached hydrogens (tertiary/aromatic N) is 1. The van der Waals surface area contributed by atoms with E-state index in [4.69, 9.17) is 10.00 Å². The summed E-state index contributed by atoms with van der Waals surface area (Å²) in [5.41, 5.74) is 0.117. The minimum Gasteiger partial charge on any atom is -0.479 e. The lowest BCUT2D eigenvalue weighted by atomic mass is 9.80. The first-order valence-corrected chi connectivity index (χ1v) is 6.69. The van der Waals surface area contributed by atoms with Gasteiger partial charge in [-0.15, -0.1) is 0 Å². The second-order valence-electron chi connectivity index (χ2n) is 5.13. The molecule has 106 valence electrons. The normalized spacial score (nSPS) is 15.8. The van der Waals surface area contributed by atoms with E-state index < -0.39 is 5.60 Å². The molecule has 20 heavy (non-hydrogen) atoms. The highest BCUT2D eigenvalue weighted by atomic mass is 16.5. The van der Waals surface area contributed by atoms with Gasteiger partial charge < -0.3 is 15.2 Å². The summed E-state index contributed by atoms with van der Waals surface area (Å²) in [6.45, 7) is 0.305. The van der Waals surface area contributed by atoms with Gasteiger partial charge >= 0.3 is 0 Å². The smallest absolute Gasteiger partial charge is 0.224 e. The number of ether oxygens (including phenoxy) is 1. The molecule has 1 fully saturated rings. The number of carbonyl (C=O) groups excluding carboxylic acids is 1. The number of aliphatic hydroxyl groups is 1. The monoisotopic (exact) mass is 274 g/mol. The van der Waals surface area contributed by atoms with Gasteiger partial charge in [-0.2, -0.15) is 5.26 Å². The van der Waals surface area contributed by atoms with Crippen molar-refractivity contribution in [3.8, 4) is 11.8 Å². The van der Waals surface area contributed by atoms with Gasteiger partial charge in [-0.25, -0.2) is 0 Å². The summed E-state index contributed by atoms with van der Waals surface area (Å²) in [6, 6.07) is 9.00. The Bertz CT molecular complexity index is 518. The highest BCUT2D eigenvalue weighted by molar-refractivity contribution is 5.78. The molecule has 0 unspecified atom stereocenters. The summed E-state index contributed by atoms with van der Waals surface area (Å²) in [4.78, 5) is 11.8. The van der Waals surface area contributed by atoms with E-state index >= 15 is 0 Å². The number of rotatable bonds is 6. The molecule has 0 atom stereocenters. The van der Waals surface area contributed by atoms with Crippen LogP contribution in [0.3, 0.4) is 0 Å². The Morgan fingerprint density at radius 3 is 2.95 bits per heavy atom. The fourth-order valence-electron chi connectivity index (χ4n) is 2.13. The van der Waals surface area contributed by atoms with Crippen LogP contribution in [-0.2, 0) is 11.2 Å². The molecule has 5 heteroatoms. The van der Waals surface area contributed by atoms with Crippen LogP contribution >= 0.6 is 0 Å². The molecule has 1 amide bonds. The van der Waals surface area contributed by atoms with E-state index in [1.807, 2.05) is 12.1 Å². The van der Waals surface area contributed by atoms with Crippen molar-refractivity contribution in [2.75, 3.05) is 13.2 Å². The molecule has 1 aromatic carbocycles. The molecule has 1 aliphatic carbocycles. The minimum absolute atomic E-state index is 0.0112. The van der Waals surface area contributed by atoms with Crippen LogP contribution in [0.15, 0.2) is 24.3 Å². The highest BCUT2D eigenvalue weighted by Gasteiger charge is 2.34. The van der Waals surface area contributed by atoms with Crippen LogP contribution < -0.4 is 10.1 Å². The second-order valence-corrected chi connectivity index (χ2v) is 5.13. The summed E-state index contributed by atoms with van der Waals surface area (Å²) in [5, 5.41) is 21.1. The van der Waals surface area contributed by atoms with E-state index in [9.17, 15) is 9.90 Å². The molecule has 0 heterocycles. The van der Waals surface area contributed by atoms with Crippen LogP contribution in [0.5, 0.6) is 5.75 Å². The molecular formula is C15H18N2O3. The van der Waals surface area contributed by atoms with Gasteiger partial charge in [-0.05, 0) is 37.0 Å². The Morgan fingerprint density at radius 2 is 2.30 bits per heavy atom. The van der Waals surface area contributed by atoms with Gasteiger partial charge in [0.2, 0.25) is 5.91 Å². The van der Waals surface area contributed by atoms with Crippen molar-refractivity contribution < 1.29 is 14.6 Å². The van der Waals surface area contributed by atoms with Crippen LogP contribution in [0, 0.1) is 11.3 Å². The van der Waals surface area contributed by atoms with Gasteiger partial charge in [0.15, 0.2) is 6.61 Å². The van der Waals surface area contributed by atoms with Crippen LogP contribution in [0.2, 0.25) is 0 Å². The Kier molecular flexibility index (Phi) is 4.59. The Labute approximate surface area is 118 Å². The van der Waals surface area contributed by atoms with E-state index in [1.54, 1.807) is 18.2 Å². The molecule has 0 radical (unpaired) electrons. The first-order valence-electron chi connectivity index (χ1n) is 6.69. The molecule has 1 saturated carbocycles. The summed E-state index contributed by atoms with van der Waals surface area (Å²) in [6.07, 6.45) is 2.76. The predicted octanol–water partition coefficient (Wildman–Crippen LogP) is 1.16. The standard InChI is InChI=1S/C15H18N2O3/c16-7-8-20-13-4-1-3-12(9-13)10-14(18)17-11-15(19)5-2-6-15/h1,3-4,9,19H,2,5-6,8,10-11H2,(H,17,18). The van der Waals surface area contributed by atoms with Crippen molar-refractivity contribution in [3.05, 3.63) is 29.8 Å². The maximum absolute atomic E-state index is 11.8. The predicted molar refractivity (Wildman–Crippen MR) is 73.1 cm³/mol. The zero-order chi connectivity index (χ0) is 14.4. The van der Waals surface area contributed by atoms with Crippen molar-refractivity contribution in [2.24, 2.45) is 0 Å². The van der Waals surface area contributed by atoms with Gasteiger partial charge in [0, 0.05) is 6.54 Å². The molecule has 0 bridgehead atoms. The summed E-state index contributed by atoms with van der Waals surface area (Å²) in [5.74, 6) is 0.456. The number of carbonyl (C=O) groups is 1. The van der Waals surface area contributed by atoms with E-state index in [-0.39, 0.29) is 18.9 Å². The Hall–Kier alpha value is -2.06. The quantitative estimate of drug-likeness (QED) is 0.815. The van der Waals surface area contributed by atoms with Crippen LogP contribution in [0.4, 0.5) is 0 Å². The van der Waals surface area contributed by atoms with Gasteiger partial charge in [0.25, 0.3) is 0 Å². The minimum atomic E-state index is -0.701. The van der Waals surface area contributed by atoms with Gasteiger partial charge in [0.05, 0.1) is 12.0 Å². The van der Waals surface area contributed by atoms with Gasteiger partial charge in [0.1, 0.15) is 11.8 Å². The van der Waals surface area contributed by atoms with Crippen LogP contribution in [-0.4, -0.2) is 29.8 Å². The summed E-state index contributed by atoms with van der Waals surface area (Å²) in [7, 11) is 0. The summed E-state index contributed by atoms with van der Waals surface area (Å²) >= 11 is 0. The van der Waals surface area contributed by atoms with Crippen LogP contribution in [0.1, 0.15) is 24.8 Å². The first-order chi connectivity index (χ1) is 9.61. The lowest BCUT2D eigenvalue weighted by molar-refractivity contribution is -0.122. The zero-order valence-corrected chi connectivity index (χ0v) is 11.3. The number of nitriles is 1. The second kappa shape index (κ2) is 6.40.